The summed E-state index contributed by atoms with van der Waals surface area (Å²) in [5.41, 5.74) is 0.0783. The molecular formula is C33H38FN7O6. The molecule has 1 N–H and O–H groups in total. The molecule has 4 aromatic rings. The molecule has 0 radical (unpaired) electrons. The molecule has 1 aliphatic heterocycles. The predicted octanol–water partition coefficient (Wildman–Crippen LogP) is 4.94. The minimum Gasteiger partial charge on any atom is -0.481 e. The van der Waals surface area contributed by atoms with Gasteiger partial charge >= 0.3 is 12.1 Å². The summed E-state index contributed by atoms with van der Waals surface area (Å²) in [6, 6.07) is 14.0. The number of anilines is 2. The van der Waals surface area contributed by atoms with Gasteiger partial charge in [0.15, 0.2) is 5.82 Å². The monoisotopic (exact) mass is 647 g/mol. The second-order valence-electron chi connectivity index (χ2n) is 11.9. The number of urea groups is 1. The number of halogens is 1. The van der Waals surface area contributed by atoms with Gasteiger partial charge in [-0.3, -0.25) is 9.69 Å². The summed E-state index contributed by atoms with van der Waals surface area (Å²) in [6.45, 7) is 8.35. The molecule has 0 bridgehead atoms. The Morgan fingerprint density at radius 2 is 1.62 bits per heavy atom. The van der Waals surface area contributed by atoms with E-state index in [-0.39, 0.29) is 28.8 Å². The highest BCUT2D eigenvalue weighted by Crippen LogP contribution is 2.35. The van der Waals surface area contributed by atoms with Crippen LogP contribution < -0.4 is 30.3 Å². The van der Waals surface area contributed by atoms with Crippen molar-refractivity contribution in [2.24, 2.45) is 0 Å². The van der Waals surface area contributed by atoms with E-state index in [0.717, 1.165) is 0 Å². The Balaban J connectivity index is 1.59. The van der Waals surface area contributed by atoms with Gasteiger partial charge < -0.3 is 29.4 Å². The van der Waals surface area contributed by atoms with Crippen LogP contribution in [0.3, 0.4) is 0 Å². The molecule has 1 unspecified atom stereocenters. The van der Waals surface area contributed by atoms with Gasteiger partial charge in [0, 0.05) is 24.8 Å². The van der Waals surface area contributed by atoms with Gasteiger partial charge in [-0.05, 0) is 70.2 Å². The molecule has 1 atom stereocenters. The summed E-state index contributed by atoms with van der Waals surface area (Å²) in [6.07, 6.45) is -0.433. The standard InChI is InChI=1S/C33H38FN7O6/c1-21(40(26-15-16-27(45-5)37-29(26)46-6)31(43)35-23-13-11-22(34)12-14-23)28-36-25-10-8-7-9-24(25)30(42)41(28)39-19-17-38(18-20-39)32(44)47-33(2,3)4/h7-16,21H,17-20H2,1-6H3,(H,35,43). The van der Waals surface area contributed by atoms with Crippen molar-refractivity contribution in [2.75, 3.05) is 55.6 Å². The Kier molecular flexibility index (Phi) is 9.49. The zero-order chi connectivity index (χ0) is 33.9. The normalized spacial score (nSPS) is 14.0. The number of carbonyl (C=O) groups excluding carboxylic acids is 2. The number of pyridine rings is 1. The molecule has 1 aliphatic rings. The number of nitrogens with one attached hydrogen (secondary N) is 1. The lowest BCUT2D eigenvalue weighted by atomic mass is 10.2. The third-order valence-corrected chi connectivity index (χ3v) is 7.52. The van der Waals surface area contributed by atoms with E-state index in [4.69, 9.17) is 19.2 Å². The fourth-order valence-corrected chi connectivity index (χ4v) is 5.28. The van der Waals surface area contributed by atoms with Crippen LogP contribution in [0.1, 0.15) is 39.6 Å². The van der Waals surface area contributed by atoms with E-state index in [1.807, 2.05) is 5.01 Å². The van der Waals surface area contributed by atoms with E-state index in [9.17, 15) is 18.8 Å². The maximum absolute atomic E-state index is 14.2. The van der Waals surface area contributed by atoms with Gasteiger partial charge in [0.05, 0.1) is 44.3 Å². The first kappa shape index (κ1) is 33.0. The van der Waals surface area contributed by atoms with Crippen molar-refractivity contribution in [3.63, 3.8) is 0 Å². The van der Waals surface area contributed by atoms with Gasteiger partial charge in [-0.2, -0.15) is 4.98 Å². The van der Waals surface area contributed by atoms with Crippen molar-refractivity contribution in [2.45, 2.75) is 39.3 Å². The summed E-state index contributed by atoms with van der Waals surface area (Å²) in [5, 5.41) is 5.01. The number of hydrogen-bond acceptors (Lipinski definition) is 9. The number of ether oxygens (including phenoxy) is 3. The molecule has 1 fully saturated rings. The molecule has 3 heterocycles. The highest BCUT2D eigenvalue weighted by atomic mass is 19.1. The summed E-state index contributed by atoms with van der Waals surface area (Å²) in [4.78, 5) is 53.3. The van der Waals surface area contributed by atoms with Crippen LogP contribution in [0.4, 0.5) is 25.4 Å². The Hall–Kier alpha value is -5.40. The fourth-order valence-electron chi connectivity index (χ4n) is 5.28. The van der Waals surface area contributed by atoms with Crippen LogP contribution >= 0.6 is 0 Å². The molecule has 47 heavy (non-hydrogen) atoms. The molecule has 5 rings (SSSR count). The van der Waals surface area contributed by atoms with E-state index >= 15 is 0 Å². The maximum atomic E-state index is 14.2. The number of nitrogens with zero attached hydrogens (tertiary/aromatic N) is 6. The number of rotatable bonds is 7. The first-order valence-corrected chi connectivity index (χ1v) is 15.1. The molecule has 0 saturated carbocycles. The van der Waals surface area contributed by atoms with Gasteiger partial charge in [-0.15, -0.1) is 0 Å². The van der Waals surface area contributed by atoms with Crippen molar-refractivity contribution in [3.05, 3.63) is 82.7 Å². The molecule has 2 aromatic carbocycles. The predicted molar refractivity (Wildman–Crippen MR) is 175 cm³/mol. The number of amides is 3. The number of aromatic nitrogens is 3. The molecular weight excluding hydrogens is 609 g/mol. The summed E-state index contributed by atoms with van der Waals surface area (Å²) >= 11 is 0. The number of methoxy groups -OCH3 is 2. The molecule has 13 nitrogen and oxygen atoms in total. The zero-order valence-corrected chi connectivity index (χ0v) is 27.2. The van der Waals surface area contributed by atoms with Crippen LogP contribution in [0, 0.1) is 5.82 Å². The molecule has 3 amide bonds. The van der Waals surface area contributed by atoms with Crippen LogP contribution in [-0.4, -0.2) is 77.7 Å². The first-order valence-electron chi connectivity index (χ1n) is 15.1. The van der Waals surface area contributed by atoms with Crippen LogP contribution in [0.15, 0.2) is 65.5 Å². The van der Waals surface area contributed by atoms with Gasteiger partial charge in [0.25, 0.3) is 5.56 Å². The lowest BCUT2D eigenvalue weighted by Gasteiger charge is -2.39. The van der Waals surface area contributed by atoms with Crippen molar-refractivity contribution in [3.8, 4) is 11.8 Å². The number of benzene rings is 2. The average molecular weight is 648 g/mol. The lowest BCUT2D eigenvalue weighted by molar-refractivity contribution is 0.0231. The minimum absolute atomic E-state index is 0.0890. The number of piperazine rings is 1. The topological polar surface area (TPSA) is 131 Å². The van der Waals surface area contributed by atoms with Crippen LogP contribution in [0.2, 0.25) is 0 Å². The largest absolute Gasteiger partial charge is 0.481 e. The van der Waals surface area contributed by atoms with Gasteiger partial charge in [0.2, 0.25) is 11.8 Å². The SMILES string of the molecule is COc1ccc(N(C(=O)Nc2ccc(F)cc2)C(C)c2nc3ccccc3c(=O)n2N2CCN(C(=O)OC(C)(C)C)CC2)c(OC)n1. The van der Waals surface area contributed by atoms with Gasteiger partial charge in [-0.25, -0.2) is 23.6 Å². The van der Waals surface area contributed by atoms with E-state index in [2.05, 4.69) is 10.3 Å². The second kappa shape index (κ2) is 13.5. The molecule has 2 aromatic heterocycles. The first-order chi connectivity index (χ1) is 22.4. The smallest absolute Gasteiger partial charge is 0.410 e. The third-order valence-electron chi connectivity index (χ3n) is 7.52. The van der Waals surface area contributed by atoms with E-state index < -0.39 is 29.6 Å². The number of para-hydroxylation sites is 1. The molecule has 1 saturated heterocycles. The highest BCUT2D eigenvalue weighted by molar-refractivity contribution is 6.03. The van der Waals surface area contributed by atoms with E-state index in [1.165, 1.54) is 48.1 Å². The zero-order valence-electron chi connectivity index (χ0n) is 27.2. The third kappa shape index (κ3) is 7.21. The molecule has 248 valence electrons. The lowest BCUT2D eigenvalue weighted by Crippen LogP contribution is -2.57. The molecule has 0 aliphatic carbocycles. The molecule has 14 heteroatoms. The van der Waals surface area contributed by atoms with Crippen molar-refractivity contribution in [1.82, 2.24) is 19.5 Å². The second-order valence-corrected chi connectivity index (χ2v) is 11.9. The Morgan fingerprint density at radius 3 is 2.26 bits per heavy atom. The van der Waals surface area contributed by atoms with Crippen molar-refractivity contribution >= 4 is 34.4 Å². The number of fused-ring (bicyclic) bond motifs is 1. The fraction of sp³-hybridized carbons (Fsp3) is 0.364. The van der Waals surface area contributed by atoms with Crippen molar-refractivity contribution < 1.29 is 28.2 Å². The van der Waals surface area contributed by atoms with E-state index in [0.29, 0.717) is 42.8 Å². The Labute approximate surface area is 271 Å². The van der Waals surface area contributed by atoms with Crippen LogP contribution in [0.5, 0.6) is 11.8 Å². The summed E-state index contributed by atoms with van der Waals surface area (Å²) < 4.78 is 31.5. The maximum Gasteiger partial charge on any atom is 0.410 e. The van der Waals surface area contributed by atoms with E-state index in [1.54, 1.807) is 69.0 Å². The number of hydrogen-bond donors (Lipinski definition) is 1. The minimum atomic E-state index is -0.888. The van der Waals surface area contributed by atoms with Crippen LogP contribution in [-0.2, 0) is 4.74 Å². The van der Waals surface area contributed by atoms with Crippen molar-refractivity contribution in [1.29, 1.82) is 0 Å². The Morgan fingerprint density at radius 1 is 0.936 bits per heavy atom. The quantitative estimate of drug-likeness (QED) is 0.297. The highest BCUT2D eigenvalue weighted by Gasteiger charge is 2.34. The molecule has 0 spiro atoms. The summed E-state index contributed by atoms with van der Waals surface area (Å²) in [7, 11) is 2.88. The number of carbonyl (C=O) groups is 2. The summed E-state index contributed by atoms with van der Waals surface area (Å²) in [5.74, 6) is 0.156. The Bertz CT molecular complexity index is 1820. The van der Waals surface area contributed by atoms with Crippen LogP contribution in [0.25, 0.3) is 10.9 Å². The van der Waals surface area contributed by atoms with Gasteiger partial charge in [0.1, 0.15) is 17.1 Å². The average Bonchev–Trinajstić information content (AvgIpc) is 3.05. The van der Waals surface area contributed by atoms with Gasteiger partial charge in [-0.1, -0.05) is 12.1 Å².